The van der Waals surface area contributed by atoms with Gasteiger partial charge in [0.2, 0.25) is 0 Å². The molecule has 8 aromatic rings. The lowest BCUT2D eigenvalue weighted by Gasteiger charge is -2.09. The molecule has 0 bridgehead atoms. The summed E-state index contributed by atoms with van der Waals surface area (Å²) < 4.78 is 22.8. The molecule has 4 aromatic heterocycles. The number of carboxylic acid groups (broad SMARTS) is 1. The van der Waals surface area contributed by atoms with Crippen molar-refractivity contribution in [1.29, 1.82) is 0 Å². The normalized spacial score (nSPS) is 11.3. The third-order valence-corrected chi connectivity index (χ3v) is 13.6. The number of aromatic nitrogens is 4. The van der Waals surface area contributed by atoms with E-state index in [0.29, 0.717) is 19.4 Å². The molecular weight excluding hydrogens is 809 g/mol. The van der Waals surface area contributed by atoms with Crippen molar-refractivity contribution >= 4 is 100 Å². The van der Waals surface area contributed by atoms with Crippen LogP contribution in [0.1, 0.15) is 43.7 Å². The highest BCUT2D eigenvalue weighted by atomic mass is 32.2. The van der Waals surface area contributed by atoms with Gasteiger partial charge in [0.1, 0.15) is 11.5 Å². The van der Waals surface area contributed by atoms with E-state index in [4.69, 9.17) is 29.3 Å². The Hall–Kier alpha value is -5.02. The topological polar surface area (TPSA) is 118 Å². The molecule has 10 nitrogen and oxygen atoms in total. The molecular formula is C44H44N4O6S4. The maximum atomic E-state index is 11.6. The number of imidazole rings is 2. The Balaban J connectivity index is 0.000000177. The van der Waals surface area contributed by atoms with E-state index in [0.717, 1.165) is 74.9 Å². The SMILES string of the molecule is CCOC(=O)CCCSc1nc2cc(OC)ccc2n1Cc1csc2ccccc12.COc1ccc2c(c1)nc(SCCCC(=O)O)n2Cc1csc2ccccc12. The molecule has 0 atom stereocenters. The highest BCUT2D eigenvalue weighted by Crippen LogP contribution is 2.34. The molecule has 0 amide bonds. The van der Waals surface area contributed by atoms with Crippen molar-refractivity contribution in [3.8, 4) is 11.5 Å². The third kappa shape index (κ3) is 9.80. The smallest absolute Gasteiger partial charge is 0.305 e. The average molecular weight is 853 g/mol. The predicted molar refractivity (Wildman–Crippen MR) is 239 cm³/mol. The number of carbonyl (C=O) groups excluding carboxylic acids is 1. The largest absolute Gasteiger partial charge is 0.497 e. The van der Waals surface area contributed by atoms with Crippen LogP contribution in [0, 0.1) is 0 Å². The van der Waals surface area contributed by atoms with Gasteiger partial charge in [0, 0.05) is 45.9 Å². The van der Waals surface area contributed by atoms with Crippen molar-refractivity contribution in [2.75, 3.05) is 32.3 Å². The summed E-state index contributed by atoms with van der Waals surface area (Å²) in [5.41, 5.74) is 6.50. The van der Waals surface area contributed by atoms with Crippen molar-refractivity contribution in [2.24, 2.45) is 0 Å². The molecule has 14 heteroatoms. The van der Waals surface area contributed by atoms with Gasteiger partial charge < -0.3 is 28.5 Å². The van der Waals surface area contributed by atoms with E-state index in [2.05, 4.69) is 74.5 Å². The summed E-state index contributed by atoms with van der Waals surface area (Å²) in [5.74, 6) is 2.21. The van der Waals surface area contributed by atoms with Gasteiger partial charge in [0.25, 0.3) is 0 Å². The van der Waals surface area contributed by atoms with Gasteiger partial charge in [-0.25, -0.2) is 9.97 Å². The van der Waals surface area contributed by atoms with Crippen LogP contribution in [-0.2, 0) is 27.4 Å². The average Bonchev–Trinajstić information content (AvgIpc) is 4.02. The maximum absolute atomic E-state index is 11.6. The number of carboxylic acids is 1. The molecule has 4 aromatic carbocycles. The van der Waals surface area contributed by atoms with Gasteiger partial charge in [-0.1, -0.05) is 59.9 Å². The summed E-state index contributed by atoms with van der Waals surface area (Å²) in [5, 5.41) is 17.7. The van der Waals surface area contributed by atoms with Crippen LogP contribution in [0.3, 0.4) is 0 Å². The van der Waals surface area contributed by atoms with E-state index < -0.39 is 5.97 Å². The van der Waals surface area contributed by atoms with E-state index in [1.807, 2.05) is 37.3 Å². The van der Waals surface area contributed by atoms with Gasteiger partial charge in [0.15, 0.2) is 10.3 Å². The fraction of sp³-hybridized carbons (Fsp3) is 0.273. The summed E-state index contributed by atoms with van der Waals surface area (Å²) >= 11 is 6.81. The van der Waals surface area contributed by atoms with Gasteiger partial charge >= 0.3 is 11.9 Å². The number of fused-ring (bicyclic) bond motifs is 4. The molecule has 0 aliphatic rings. The Morgan fingerprint density at radius 2 is 1.17 bits per heavy atom. The first-order valence-electron chi connectivity index (χ1n) is 19.0. The van der Waals surface area contributed by atoms with Crippen LogP contribution in [0.2, 0.25) is 0 Å². The van der Waals surface area contributed by atoms with E-state index in [1.165, 1.54) is 31.3 Å². The Morgan fingerprint density at radius 1 is 0.690 bits per heavy atom. The Kier molecular flexibility index (Phi) is 13.9. The number of aliphatic carboxylic acids is 1. The van der Waals surface area contributed by atoms with Crippen LogP contribution in [0.25, 0.3) is 42.2 Å². The van der Waals surface area contributed by atoms with Crippen molar-refractivity contribution in [2.45, 2.75) is 56.0 Å². The zero-order valence-corrected chi connectivity index (χ0v) is 35.8. The van der Waals surface area contributed by atoms with Crippen LogP contribution in [0.5, 0.6) is 11.5 Å². The molecule has 0 aliphatic heterocycles. The minimum absolute atomic E-state index is 0.138. The van der Waals surface area contributed by atoms with E-state index in [9.17, 15) is 9.59 Å². The fourth-order valence-electron chi connectivity index (χ4n) is 6.61. The molecule has 0 unspecified atom stereocenters. The predicted octanol–water partition coefficient (Wildman–Crippen LogP) is 11.0. The molecule has 4 heterocycles. The molecule has 0 saturated heterocycles. The summed E-state index contributed by atoms with van der Waals surface area (Å²) in [4.78, 5) is 32.1. The van der Waals surface area contributed by atoms with Crippen molar-refractivity contribution in [3.05, 3.63) is 107 Å². The molecule has 0 saturated carbocycles. The number of rotatable bonds is 17. The standard InChI is InChI=1S/C23H24N2O3S2.C21H20N2O3S2/c1-3-28-22(26)9-6-12-29-23-24-19-13-17(27-2)10-11-20(19)25(23)14-16-15-30-21-8-5-4-7-18(16)21;1-26-15-8-9-18-17(11-15)22-21(27-10-4-7-20(24)25)23(18)12-14-13-28-19-6-3-2-5-16(14)19/h4-5,7-8,10-11,13,15H,3,6,9,12,14H2,1-2H3;2-3,5-6,8-9,11,13H,4,7,10,12H2,1H3,(H,24,25). The first kappa shape index (κ1) is 41.2. The highest BCUT2D eigenvalue weighted by molar-refractivity contribution is 7.99. The van der Waals surface area contributed by atoms with Crippen LogP contribution < -0.4 is 9.47 Å². The molecule has 300 valence electrons. The van der Waals surface area contributed by atoms with Gasteiger partial charge in [-0.2, -0.15) is 0 Å². The van der Waals surface area contributed by atoms with Crippen molar-refractivity contribution in [3.63, 3.8) is 0 Å². The second-order valence-corrected chi connectivity index (χ2v) is 17.2. The molecule has 58 heavy (non-hydrogen) atoms. The lowest BCUT2D eigenvalue weighted by atomic mass is 10.2. The number of ether oxygens (including phenoxy) is 3. The number of carbonyl (C=O) groups is 2. The van der Waals surface area contributed by atoms with Crippen LogP contribution >= 0.6 is 46.2 Å². The molecule has 8 rings (SSSR count). The number of nitrogens with zero attached hydrogens (tertiary/aromatic N) is 4. The highest BCUT2D eigenvalue weighted by Gasteiger charge is 2.17. The van der Waals surface area contributed by atoms with Gasteiger partial charge in [-0.3, -0.25) is 9.59 Å². The first-order valence-corrected chi connectivity index (χ1v) is 22.7. The Morgan fingerprint density at radius 3 is 1.64 bits per heavy atom. The number of benzene rings is 4. The number of thioether (sulfide) groups is 2. The minimum Gasteiger partial charge on any atom is -0.497 e. The number of thiophene rings is 2. The molecule has 0 fully saturated rings. The van der Waals surface area contributed by atoms with Crippen molar-refractivity contribution in [1.82, 2.24) is 19.1 Å². The third-order valence-electron chi connectivity index (χ3n) is 9.45. The number of hydrogen-bond acceptors (Lipinski definition) is 11. The van der Waals surface area contributed by atoms with Gasteiger partial charge in [-0.15, -0.1) is 22.7 Å². The summed E-state index contributed by atoms with van der Waals surface area (Å²) in [6.45, 7) is 3.75. The molecule has 0 aliphatic carbocycles. The van der Waals surface area contributed by atoms with Crippen LogP contribution in [0.15, 0.2) is 106 Å². The van der Waals surface area contributed by atoms with E-state index in [-0.39, 0.29) is 12.4 Å². The van der Waals surface area contributed by atoms with Gasteiger partial charge in [0.05, 0.1) is 56.0 Å². The van der Waals surface area contributed by atoms with Crippen LogP contribution in [-0.4, -0.2) is 68.5 Å². The number of hydrogen-bond donors (Lipinski definition) is 1. The Bertz CT molecular complexity index is 2660. The van der Waals surface area contributed by atoms with E-state index >= 15 is 0 Å². The first-order chi connectivity index (χ1) is 28.3. The molecule has 1 N–H and O–H groups in total. The maximum Gasteiger partial charge on any atom is 0.305 e. The minimum atomic E-state index is -0.761. The summed E-state index contributed by atoms with van der Waals surface area (Å²) in [6, 6.07) is 28.9. The van der Waals surface area contributed by atoms with E-state index in [1.54, 1.807) is 60.4 Å². The van der Waals surface area contributed by atoms with Crippen molar-refractivity contribution < 1.29 is 28.9 Å². The number of methoxy groups -OCH3 is 2. The second kappa shape index (κ2) is 19.6. The molecule has 0 spiro atoms. The Labute approximate surface area is 353 Å². The second-order valence-electron chi connectivity index (χ2n) is 13.3. The molecule has 0 radical (unpaired) electrons. The van der Waals surface area contributed by atoms with Crippen LogP contribution in [0.4, 0.5) is 0 Å². The lowest BCUT2D eigenvalue weighted by molar-refractivity contribution is -0.143. The number of esters is 1. The van der Waals surface area contributed by atoms with Gasteiger partial charge in [-0.05, 0) is 88.8 Å². The summed E-state index contributed by atoms with van der Waals surface area (Å²) in [7, 11) is 3.32. The zero-order valence-electron chi connectivity index (χ0n) is 32.5. The fourth-order valence-corrected chi connectivity index (χ4v) is 10.4. The quantitative estimate of drug-likeness (QED) is 0.0539. The summed E-state index contributed by atoms with van der Waals surface area (Å²) in [6.07, 6.45) is 1.99. The monoisotopic (exact) mass is 852 g/mol. The zero-order chi connectivity index (χ0) is 40.4. The lowest BCUT2D eigenvalue weighted by Crippen LogP contribution is -2.04.